The van der Waals surface area contributed by atoms with Crippen LogP contribution in [0.1, 0.15) is 0 Å². The lowest BCUT2D eigenvalue weighted by Gasteiger charge is -2.09. The summed E-state index contributed by atoms with van der Waals surface area (Å²) in [6.45, 7) is 4.03. The monoisotopic (exact) mass is 487 g/mol. The normalized spacial score (nSPS) is 11.1. The minimum atomic E-state index is -0.256. The summed E-state index contributed by atoms with van der Waals surface area (Å²) >= 11 is 1.22. The quantitative estimate of drug-likeness (QED) is 0.254. The third kappa shape index (κ3) is 4.17. The van der Waals surface area contributed by atoms with Crippen LogP contribution in [-0.2, 0) is 11.3 Å². The zero-order chi connectivity index (χ0) is 24.4. The molecule has 0 aliphatic carbocycles. The van der Waals surface area contributed by atoms with Gasteiger partial charge < -0.3 is 10.1 Å². The lowest BCUT2D eigenvalue weighted by molar-refractivity contribution is -0.113. The highest BCUT2D eigenvalue weighted by atomic mass is 32.2. The van der Waals surface area contributed by atoms with Crippen molar-refractivity contribution in [1.29, 1.82) is 0 Å². The number of para-hydroxylation sites is 2. The van der Waals surface area contributed by atoms with Gasteiger partial charge in [0.05, 0.1) is 29.5 Å². The number of rotatable bonds is 8. The van der Waals surface area contributed by atoms with E-state index in [1.165, 1.54) is 16.3 Å². The number of thioether (sulfide) groups is 1. The van der Waals surface area contributed by atoms with E-state index in [0.29, 0.717) is 39.9 Å². The average molecular weight is 488 g/mol. The van der Waals surface area contributed by atoms with Crippen LogP contribution in [0.4, 0.5) is 5.82 Å². The Morgan fingerprint density at radius 2 is 2.00 bits per heavy atom. The number of methoxy groups -OCH3 is 1. The maximum Gasteiger partial charge on any atom is 0.263 e. The summed E-state index contributed by atoms with van der Waals surface area (Å²) in [6.07, 6.45) is 1.63. The Morgan fingerprint density at radius 1 is 1.20 bits per heavy atom. The van der Waals surface area contributed by atoms with Gasteiger partial charge in [-0.3, -0.25) is 23.7 Å². The fourth-order valence-corrected chi connectivity index (χ4v) is 4.56. The summed E-state index contributed by atoms with van der Waals surface area (Å²) in [4.78, 5) is 25.6. The lowest BCUT2D eigenvalue weighted by Crippen LogP contribution is -2.22. The summed E-state index contributed by atoms with van der Waals surface area (Å²) in [5.41, 5.74) is 2.07. The number of fused-ring (bicyclic) bond motifs is 3. The van der Waals surface area contributed by atoms with E-state index in [4.69, 9.17) is 4.74 Å². The molecule has 0 fully saturated rings. The van der Waals surface area contributed by atoms with Gasteiger partial charge in [0, 0.05) is 18.2 Å². The number of H-pyrrole nitrogens is 1. The van der Waals surface area contributed by atoms with Gasteiger partial charge in [-0.15, -0.1) is 16.8 Å². The van der Waals surface area contributed by atoms with Crippen molar-refractivity contribution >= 4 is 40.2 Å². The van der Waals surface area contributed by atoms with E-state index in [-0.39, 0.29) is 17.2 Å². The van der Waals surface area contributed by atoms with E-state index in [0.717, 1.165) is 11.3 Å². The molecule has 5 rings (SSSR count). The van der Waals surface area contributed by atoms with Gasteiger partial charge in [-0.05, 0) is 24.3 Å². The number of aromatic amines is 1. The summed E-state index contributed by atoms with van der Waals surface area (Å²) < 4.78 is 8.68. The minimum Gasteiger partial charge on any atom is -0.496 e. The van der Waals surface area contributed by atoms with Crippen molar-refractivity contribution in [2.45, 2.75) is 11.7 Å². The highest BCUT2D eigenvalue weighted by Crippen LogP contribution is 2.29. The molecule has 0 saturated carbocycles. The van der Waals surface area contributed by atoms with Crippen molar-refractivity contribution < 1.29 is 9.53 Å². The first-order valence-corrected chi connectivity index (χ1v) is 11.7. The molecule has 0 saturated heterocycles. The number of benzene rings is 2. The summed E-state index contributed by atoms with van der Waals surface area (Å²) in [7, 11) is 1.60. The first kappa shape index (κ1) is 22.4. The van der Waals surface area contributed by atoms with Crippen molar-refractivity contribution in [2.24, 2.45) is 0 Å². The molecule has 0 aliphatic heterocycles. The molecule has 11 heteroatoms. The zero-order valence-corrected chi connectivity index (χ0v) is 19.6. The number of aromatic nitrogens is 6. The molecule has 1 amide bonds. The smallest absolute Gasteiger partial charge is 0.263 e. The standard InChI is InChI=1S/C24H21N7O3S/c1-3-12-30-22(33)16-9-4-6-10-18(16)31-23(30)28-29-24(31)35-14-21(32)25-20-13-17(26-27-20)15-8-5-7-11-19(15)34-2/h3-11,13H,1,12,14H2,2H3,(H2,25,26,27,32). The zero-order valence-electron chi connectivity index (χ0n) is 18.8. The van der Waals surface area contributed by atoms with Gasteiger partial charge in [-0.1, -0.05) is 42.1 Å². The number of carbonyl (C=O) groups is 1. The predicted molar refractivity (Wildman–Crippen MR) is 135 cm³/mol. The molecule has 0 aliphatic rings. The summed E-state index contributed by atoms with van der Waals surface area (Å²) in [5, 5.41) is 19.4. The van der Waals surface area contributed by atoms with Gasteiger partial charge >= 0.3 is 0 Å². The summed E-state index contributed by atoms with van der Waals surface area (Å²) in [6, 6.07) is 16.5. The van der Waals surface area contributed by atoms with E-state index in [9.17, 15) is 9.59 Å². The van der Waals surface area contributed by atoms with Crippen molar-refractivity contribution in [2.75, 3.05) is 18.2 Å². The molecule has 2 N–H and O–H groups in total. The fraction of sp³-hybridized carbons (Fsp3) is 0.125. The number of allylic oxidation sites excluding steroid dienone is 1. The van der Waals surface area contributed by atoms with Gasteiger partial charge in [0.15, 0.2) is 11.0 Å². The number of hydrogen-bond donors (Lipinski definition) is 2. The van der Waals surface area contributed by atoms with Crippen LogP contribution in [-0.4, -0.2) is 48.1 Å². The molecule has 176 valence electrons. The molecular weight excluding hydrogens is 466 g/mol. The van der Waals surface area contributed by atoms with Crippen LogP contribution in [0.2, 0.25) is 0 Å². The largest absolute Gasteiger partial charge is 0.496 e. The Hall–Kier alpha value is -4.38. The van der Waals surface area contributed by atoms with E-state index < -0.39 is 0 Å². The van der Waals surface area contributed by atoms with Gasteiger partial charge in [0.2, 0.25) is 11.7 Å². The summed E-state index contributed by atoms with van der Waals surface area (Å²) in [5.74, 6) is 1.31. The van der Waals surface area contributed by atoms with Crippen LogP contribution < -0.4 is 15.6 Å². The van der Waals surface area contributed by atoms with Crippen LogP contribution in [0.5, 0.6) is 5.75 Å². The number of ether oxygens (including phenoxy) is 1. The van der Waals surface area contributed by atoms with Crippen LogP contribution in [0, 0.1) is 0 Å². The Bertz CT molecular complexity index is 1620. The number of nitrogens with zero attached hydrogens (tertiary/aromatic N) is 5. The Balaban J connectivity index is 1.37. The van der Waals surface area contributed by atoms with Crippen molar-refractivity contribution in [3.05, 3.63) is 77.6 Å². The predicted octanol–water partition coefficient (Wildman–Crippen LogP) is 3.36. The third-order valence-corrected chi connectivity index (χ3v) is 6.29. The third-order valence-electron chi connectivity index (χ3n) is 5.36. The van der Waals surface area contributed by atoms with E-state index in [2.05, 4.69) is 32.3 Å². The molecule has 0 radical (unpaired) electrons. The average Bonchev–Trinajstić information content (AvgIpc) is 3.52. The molecule has 0 atom stereocenters. The number of hydrogen-bond acceptors (Lipinski definition) is 7. The van der Waals surface area contributed by atoms with E-state index in [1.807, 2.05) is 42.5 Å². The second-order valence-corrected chi connectivity index (χ2v) is 8.49. The van der Waals surface area contributed by atoms with Crippen LogP contribution in [0.25, 0.3) is 27.9 Å². The molecule has 5 aromatic rings. The molecule has 3 aromatic heterocycles. The molecule has 0 spiro atoms. The Kier molecular flexibility index (Phi) is 6.06. The van der Waals surface area contributed by atoms with Crippen molar-refractivity contribution in [3.63, 3.8) is 0 Å². The SMILES string of the molecule is C=CCn1c(=O)c2ccccc2n2c(SCC(=O)Nc3cc(-c4ccccc4OC)[nH]n3)nnc12. The van der Waals surface area contributed by atoms with E-state index in [1.54, 1.807) is 29.7 Å². The van der Waals surface area contributed by atoms with Gasteiger partial charge in [-0.25, -0.2) is 0 Å². The highest BCUT2D eigenvalue weighted by Gasteiger charge is 2.17. The highest BCUT2D eigenvalue weighted by molar-refractivity contribution is 7.99. The molecule has 0 bridgehead atoms. The Labute approximate surface area is 203 Å². The van der Waals surface area contributed by atoms with Crippen LogP contribution in [0.15, 0.2) is 77.2 Å². The number of nitrogens with one attached hydrogen (secondary N) is 2. The number of anilines is 1. The van der Waals surface area contributed by atoms with E-state index >= 15 is 0 Å². The number of amides is 1. The minimum absolute atomic E-state index is 0.0759. The van der Waals surface area contributed by atoms with Crippen molar-refractivity contribution in [1.82, 2.24) is 29.4 Å². The Morgan fingerprint density at radius 3 is 2.83 bits per heavy atom. The van der Waals surface area contributed by atoms with Crippen LogP contribution in [0.3, 0.4) is 0 Å². The molecule has 0 unspecified atom stereocenters. The topological polar surface area (TPSA) is 119 Å². The lowest BCUT2D eigenvalue weighted by atomic mass is 10.1. The van der Waals surface area contributed by atoms with Gasteiger partial charge in [0.1, 0.15) is 5.75 Å². The maximum absolute atomic E-state index is 12.9. The molecule has 2 aromatic carbocycles. The molecular formula is C24H21N7O3S. The molecule has 3 heterocycles. The second kappa shape index (κ2) is 9.47. The first-order chi connectivity index (χ1) is 17.1. The first-order valence-electron chi connectivity index (χ1n) is 10.7. The van der Waals surface area contributed by atoms with Gasteiger partial charge in [0.25, 0.3) is 5.56 Å². The molecule has 10 nitrogen and oxygen atoms in total. The second-order valence-electron chi connectivity index (χ2n) is 7.54. The maximum atomic E-state index is 12.9. The van der Waals surface area contributed by atoms with Crippen molar-refractivity contribution in [3.8, 4) is 17.0 Å². The number of carbonyl (C=O) groups excluding carboxylic acids is 1. The fourth-order valence-electron chi connectivity index (χ4n) is 3.82. The van der Waals surface area contributed by atoms with Crippen LogP contribution >= 0.6 is 11.8 Å². The van der Waals surface area contributed by atoms with Gasteiger partial charge in [-0.2, -0.15) is 5.10 Å². The molecule has 35 heavy (non-hydrogen) atoms.